The van der Waals surface area contributed by atoms with E-state index >= 15 is 0 Å². The Morgan fingerprint density at radius 2 is 2.00 bits per heavy atom. The molecule has 0 bridgehead atoms. The van der Waals surface area contributed by atoms with Crippen LogP contribution in [0, 0.1) is 12.3 Å². The van der Waals surface area contributed by atoms with E-state index in [-0.39, 0.29) is 11.9 Å². The molecule has 0 heterocycles. The number of rotatable bonds is 5. The number of amidine groups is 1. The minimum Gasteiger partial charge on any atom is -0.490 e. The van der Waals surface area contributed by atoms with Gasteiger partial charge in [-0.15, -0.1) is 0 Å². The summed E-state index contributed by atoms with van der Waals surface area (Å²) in [5.41, 5.74) is 7.93. The summed E-state index contributed by atoms with van der Waals surface area (Å²) in [6, 6.07) is 6.14. The molecule has 94 valence electrons. The minimum absolute atomic E-state index is 0.0585. The second-order valence-corrected chi connectivity index (χ2v) is 4.83. The number of nitrogens with two attached hydrogens (primary N) is 1. The summed E-state index contributed by atoms with van der Waals surface area (Å²) in [7, 11) is 0. The highest BCUT2D eigenvalue weighted by atomic mass is 16.5. The standard InChI is InChI=1S/C14H22N2O/c1-9(2)13-6-5-12(7-10(13)3)17-11(4)8-14(15)16/h5-7,9,11H,8H2,1-4H3,(H3,15,16). The van der Waals surface area contributed by atoms with Crippen molar-refractivity contribution in [2.45, 2.75) is 46.1 Å². The molecule has 0 aromatic heterocycles. The second-order valence-electron chi connectivity index (χ2n) is 4.83. The summed E-state index contributed by atoms with van der Waals surface area (Å²) in [6.45, 7) is 8.38. The van der Waals surface area contributed by atoms with Gasteiger partial charge >= 0.3 is 0 Å². The third-order valence-corrected chi connectivity index (χ3v) is 2.71. The second kappa shape index (κ2) is 5.71. The highest BCUT2D eigenvalue weighted by molar-refractivity contribution is 5.77. The van der Waals surface area contributed by atoms with Crippen LogP contribution in [0.5, 0.6) is 5.75 Å². The molecule has 0 saturated heterocycles. The van der Waals surface area contributed by atoms with Gasteiger partial charge in [0.25, 0.3) is 0 Å². The van der Waals surface area contributed by atoms with Gasteiger partial charge in [-0.25, -0.2) is 0 Å². The molecule has 0 saturated carbocycles. The summed E-state index contributed by atoms with van der Waals surface area (Å²) >= 11 is 0. The Kier molecular flexibility index (Phi) is 4.55. The van der Waals surface area contributed by atoms with Gasteiger partial charge < -0.3 is 10.5 Å². The van der Waals surface area contributed by atoms with E-state index in [9.17, 15) is 0 Å². The van der Waals surface area contributed by atoms with Gasteiger partial charge in [0.15, 0.2) is 0 Å². The Labute approximate surface area is 103 Å². The Morgan fingerprint density at radius 1 is 1.35 bits per heavy atom. The Bertz CT molecular complexity index is 399. The van der Waals surface area contributed by atoms with Crippen LogP contribution in [0.2, 0.25) is 0 Å². The normalized spacial score (nSPS) is 12.5. The zero-order valence-corrected chi connectivity index (χ0v) is 11.1. The number of nitrogens with one attached hydrogen (secondary N) is 1. The maximum atomic E-state index is 7.22. The fourth-order valence-corrected chi connectivity index (χ4v) is 1.95. The van der Waals surface area contributed by atoms with Crippen LogP contribution in [0.4, 0.5) is 0 Å². The molecule has 1 rings (SSSR count). The van der Waals surface area contributed by atoms with E-state index in [0.29, 0.717) is 12.3 Å². The number of hydrogen-bond acceptors (Lipinski definition) is 2. The van der Waals surface area contributed by atoms with Crippen LogP contribution in [0.25, 0.3) is 0 Å². The Hall–Kier alpha value is -1.51. The average molecular weight is 234 g/mol. The van der Waals surface area contributed by atoms with Gasteiger partial charge in [-0.05, 0) is 43.0 Å². The van der Waals surface area contributed by atoms with Crippen molar-refractivity contribution in [3.05, 3.63) is 29.3 Å². The van der Waals surface area contributed by atoms with Crippen LogP contribution >= 0.6 is 0 Å². The molecular formula is C14H22N2O. The third-order valence-electron chi connectivity index (χ3n) is 2.71. The van der Waals surface area contributed by atoms with Crippen LogP contribution in [-0.4, -0.2) is 11.9 Å². The molecular weight excluding hydrogens is 212 g/mol. The monoisotopic (exact) mass is 234 g/mol. The van der Waals surface area contributed by atoms with E-state index in [1.807, 2.05) is 19.1 Å². The molecule has 1 atom stereocenters. The maximum Gasteiger partial charge on any atom is 0.120 e. The van der Waals surface area contributed by atoms with Gasteiger partial charge in [0, 0.05) is 6.42 Å². The number of benzene rings is 1. The lowest BCUT2D eigenvalue weighted by Crippen LogP contribution is -2.21. The molecule has 3 nitrogen and oxygen atoms in total. The molecule has 3 N–H and O–H groups in total. The molecule has 0 aliphatic heterocycles. The van der Waals surface area contributed by atoms with Crippen molar-refractivity contribution in [2.24, 2.45) is 5.73 Å². The van der Waals surface area contributed by atoms with Gasteiger partial charge in [-0.3, -0.25) is 5.41 Å². The Morgan fingerprint density at radius 3 is 2.47 bits per heavy atom. The van der Waals surface area contributed by atoms with Gasteiger partial charge in [-0.1, -0.05) is 19.9 Å². The van der Waals surface area contributed by atoms with Crippen LogP contribution in [0.3, 0.4) is 0 Å². The first-order valence-electron chi connectivity index (χ1n) is 6.00. The first kappa shape index (κ1) is 13.6. The van der Waals surface area contributed by atoms with Crippen LogP contribution in [-0.2, 0) is 0 Å². The van der Waals surface area contributed by atoms with Crippen LogP contribution in [0.15, 0.2) is 18.2 Å². The number of aryl methyl sites for hydroxylation is 1. The number of hydrogen-bond donors (Lipinski definition) is 2. The van der Waals surface area contributed by atoms with Crippen LogP contribution in [0.1, 0.15) is 44.2 Å². The van der Waals surface area contributed by atoms with Gasteiger partial charge in [0.05, 0.1) is 5.84 Å². The number of ether oxygens (including phenoxy) is 1. The summed E-state index contributed by atoms with van der Waals surface area (Å²) in [5.74, 6) is 1.53. The van der Waals surface area contributed by atoms with E-state index in [2.05, 4.69) is 26.8 Å². The van der Waals surface area contributed by atoms with E-state index in [0.717, 1.165) is 5.75 Å². The van der Waals surface area contributed by atoms with Crippen molar-refractivity contribution in [1.29, 1.82) is 5.41 Å². The van der Waals surface area contributed by atoms with Crippen molar-refractivity contribution in [3.8, 4) is 5.75 Å². The average Bonchev–Trinajstić information content (AvgIpc) is 2.15. The minimum atomic E-state index is -0.0585. The maximum absolute atomic E-state index is 7.22. The van der Waals surface area contributed by atoms with Crippen molar-refractivity contribution in [3.63, 3.8) is 0 Å². The predicted octanol–water partition coefficient (Wildman–Crippen LogP) is 3.21. The summed E-state index contributed by atoms with van der Waals surface area (Å²) in [5, 5.41) is 7.22. The largest absolute Gasteiger partial charge is 0.490 e. The molecule has 1 unspecified atom stereocenters. The highest BCUT2D eigenvalue weighted by Gasteiger charge is 2.08. The SMILES string of the molecule is Cc1cc(OC(C)CC(=N)N)ccc1C(C)C. The molecule has 0 radical (unpaired) electrons. The molecule has 0 aliphatic carbocycles. The van der Waals surface area contributed by atoms with Crippen molar-refractivity contribution in [2.75, 3.05) is 0 Å². The van der Waals surface area contributed by atoms with Crippen molar-refractivity contribution in [1.82, 2.24) is 0 Å². The molecule has 0 amide bonds. The van der Waals surface area contributed by atoms with Gasteiger partial charge in [0.2, 0.25) is 0 Å². The first-order chi connectivity index (χ1) is 7.90. The molecule has 0 spiro atoms. The molecule has 17 heavy (non-hydrogen) atoms. The van der Waals surface area contributed by atoms with E-state index < -0.39 is 0 Å². The van der Waals surface area contributed by atoms with Crippen molar-refractivity contribution < 1.29 is 4.74 Å². The summed E-state index contributed by atoms with van der Waals surface area (Å²) < 4.78 is 5.72. The predicted molar refractivity (Wildman–Crippen MR) is 71.9 cm³/mol. The molecule has 3 heteroatoms. The molecule has 0 fully saturated rings. The van der Waals surface area contributed by atoms with Crippen LogP contribution < -0.4 is 10.5 Å². The molecule has 1 aromatic carbocycles. The van der Waals surface area contributed by atoms with Gasteiger partial charge in [0.1, 0.15) is 11.9 Å². The van der Waals surface area contributed by atoms with E-state index in [4.69, 9.17) is 15.9 Å². The highest BCUT2D eigenvalue weighted by Crippen LogP contribution is 2.24. The topological polar surface area (TPSA) is 59.1 Å². The lowest BCUT2D eigenvalue weighted by Gasteiger charge is -2.16. The lowest BCUT2D eigenvalue weighted by atomic mass is 9.98. The fraction of sp³-hybridized carbons (Fsp3) is 0.500. The lowest BCUT2D eigenvalue weighted by molar-refractivity contribution is 0.229. The fourth-order valence-electron chi connectivity index (χ4n) is 1.95. The zero-order chi connectivity index (χ0) is 13.0. The molecule has 1 aromatic rings. The van der Waals surface area contributed by atoms with E-state index in [1.54, 1.807) is 0 Å². The summed E-state index contributed by atoms with van der Waals surface area (Å²) in [6.07, 6.45) is 0.405. The van der Waals surface area contributed by atoms with Gasteiger partial charge in [-0.2, -0.15) is 0 Å². The third kappa shape index (κ3) is 4.10. The van der Waals surface area contributed by atoms with Crippen molar-refractivity contribution >= 4 is 5.84 Å². The Balaban J connectivity index is 2.73. The summed E-state index contributed by atoms with van der Waals surface area (Å²) in [4.78, 5) is 0. The quantitative estimate of drug-likeness (QED) is 0.607. The smallest absolute Gasteiger partial charge is 0.120 e. The molecule has 0 aliphatic rings. The zero-order valence-electron chi connectivity index (χ0n) is 11.1. The first-order valence-corrected chi connectivity index (χ1v) is 6.00. The van der Waals surface area contributed by atoms with E-state index in [1.165, 1.54) is 11.1 Å².